The van der Waals surface area contributed by atoms with Crippen molar-refractivity contribution < 1.29 is 13.2 Å². The van der Waals surface area contributed by atoms with Crippen LogP contribution < -0.4 is 5.32 Å². The fraction of sp³-hybridized carbons (Fsp3) is 0.409. The largest absolute Gasteiger partial charge is 0.355 e. The average Bonchev–Trinajstić information content (AvgIpc) is 2.67. The fourth-order valence-corrected chi connectivity index (χ4v) is 4.84. The molecule has 28 heavy (non-hydrogen) atoms. The summed E-state index contributed by atoms with van der Waals surface area (Å²) in [6, 6.07) is 15.4. The van der Waals surface area contributed by atoms with Crippen LogP contribution in [0.1, 0.15) is 36.5 Å². The van der Waals surface area contributed by atoms with E-state index in [1.54, 1.807) is 19.1 Å². The molecule has 2 rings (SSSR count). The van der Waals surface area contributed by atoms with Gasteiger partial charge in [-0.15, -0.1) is 0 Å². The normalized spacial score (nSPS) is 11.6. The van der Waals surface area contributed by atoms with E-state index in [2.05, 4.69) is 17.4 Å². The van der Waals surface area contributed by atoms with Crippen LogP contribution >= 0.6 is 0 Å². The van der Waals surface area contributed by atoms with E-state index in [0.29, 0.717) is 25.1 Å². The molecule has 2 aromatic carbocycles. The quantitative estimate of drug-likeness (QED) is 0.619. The molecular formula is C22H30N2O3S. The third-order valence-electron chi connectivity index (χ3n) is 4.56. The molecule has 0 aliphatic rings. The molecule has 5 nitrogen and oxygen atoms in total. The van der Waals surface area contributed by atoms with Crippen LogP contribution in [-0.4, -0.2) is 38.3 Å². The second-order valence-corrected chi connectivity index (χ2v) is 8.95. The van der Waals surface area contributed by atoms with Crippen LogP contribution in [0.25, 0.3) is 0 Å². The number of carbonyl (C=O) groups is 1. The molecule has 0 aliphatic heterocycles. The highest BCUT2D eigenvalue weighted by Gasteiger charge is 2.27. The van der Waals surface area contributed by atoms with Gasteiger partial charge in [0.25, 0.3) is 0 Å². The number of rotatable bonds is 10. The molecule has 0 saturated heterocycles. The minimum absolute atomic E-state index is 0.158. The van der Waals surface area contributed by atoms with Crippen molar-refractivity contribution in [2.45, 2.75) is 44.9 Å². The first-order chi connectivity index (χ1) is 13.3. The molecule has 1 amide bonds. The number of sulfonamides is 1. The van der Waals surface area contributed by atoms with Gasteiger partial charge in [-0.1, -0.05) is 49.4 Å². The number of aryl methyl sites for hydroxylation is 3. The lowest BCUT2D eigenvalue weighted by molar-refractivity contribution is -0.121. The maximum atomic E-state index is 13.1. The number of nitrogens with zero attached hydrogens (tertiary/aromatic N) is 1. The van der Waals surface area contributed by atoms with Gasteiger partial charge >= 0.3 is 0 Å². The number of benzene rings is 2. The lowest BCUT2D eigenvalue weighted by atomic mass is 10.1. The summed E-state index contributed by atoms with van der Waals surface area (Å²) in [6.07, 6.45) is 2.33. The minimum atomic E-state index is -3.71. The Kier molecular flexibility index (Phi) is 8.20. The maximum absolute atomic E-state index is 13.1. The van der Waals surface area contributed by atoms with Gasteiger partial charge in [0.05, 0.1) is 11.4 Å². The third kappa shape index (κ3) is 6.17. The van der Waals surface area contributed by atoms with Crippen molar-refractivity contribution in [1.29, 1.82) is 0 Å². The SMILES string of the molecule is CCCN(CC(=O)NCCCc1ccccc1)S(=O)(=O)c1cc(C)ccc1C. The number of amides is 1. The van der Waals surface area contributed by atoms with Crippen molar-refractivity contribution in [3.8, 4) is 0 Å². The number of hydrogen-bond donors (Lipinski definition) is 1. The van der Waals surface area contributed by atoms with E-state index in [4.69, 9.17) is 0 Å². The van der Waals surface area contributed by atoms with Crippen LogP contribution in [-0.2, 0) is 21.2 Å². The average molecular weight is 403 g/mol. The summed E-state index contributed by atoms with van der Waals surface area (Å²) in [7, 11) is -3.71. The molecule has 0 spiro atoms. The Labute approximate surface area is 168 Å². The van der Waals surface area contributed by atoms with E-state index in [1.807, 2.05) is 38.1 Å². The molecule has 0 aliphatic carbocycles. The Morgan fingerprint density at radius 2 is 1.79 bits per heavy atom. The summed E-state index contributed by atoms with van der Waals surface area (Å²) in [5, 5.41) is 2.85. The summed E-state index contributed by atoms with van der Waals surface area (Å²) in [5.41, 5.74) is 2.79. The van der Waals surface area contributed by atoms with E-state index in [0.717, 1.165) is 18.4 Å². The second-order valence-electron chi connectivity index (χ2n) is 7.05. The predicted octanol–water partition coefficient (Wildman–Crippen LogP) is 3.45. The number of hydrogen-bond acceptors (Lipinski definition) is 3. The number of nitrogens with one attached hydrogen (secondary N) is 1. The van der Waals surface area contributed by atoms with E-state index in [9.17, 15) is 13.2 Å². The van der Waals surface area contributed by atoms with Crippen LogP contribution in [0.4, 0.5) is 0 Å². The zero-order chi connectivity index (χ0) is 20.6. The van der Waals surface area contributed by atoms with Crippen LogP contribution in [0, 0.1) is 13.8 Å². The monoisotopic (exact) mass is 402 g/mol. The van der Waals surface area contributed by atoms with Gasteiger partial charge in [0.2, 0.25) is 15.9 Å². The van der Waals surface area contributed by atoms with Crippen molar-refractivity contribution >= 4 is 15.9 Å². The molecule has 6 heteroatoms. The molecule has 0 atom stereocenters. The lowest BCUT2D eigenvalue weighted by Crippen LogP contribution is -2.41. The van der Waals surface area contributed by atoms with Gasteiger partial charge in [0.1, 0.15) is 0 Å². The van der Waals surface area contributed by atoms with Gasteiger partial charge in [-0.25, -0.2) is 8.42 Å². The molecule has 0 bridgehead atoms. The van der Waals surface area contributed by atoms with Gasteiger partial charge in [-0.05, 0) is 55.9 Å². The van der Waals surface area contributed by atoms with Crippen molar-refractivity contribution in [3.05, 3.63) is 65.2 Å². The summed E-state index contributed by atoms with van der Waals surface area (Å²) in [6.45, 7) is 6.23. The second kappa shape index (κ2) is 10.4. The molecule has 2 aromatic rings. The summed E-state index contributed by atoms with van der Waals surface area (Å²) in [5.74, 6) is -0.268. The van der Waals surface area contributed by atoms with E-state index in [1.165, 1.54) is 9.87 Å². The van der Waals surface area contributed by atoms with Crippen LogP contribution in [0.15, 0.2) is 53.4 Å². The highest BCUT2D eigenvalue weighted by Crippen LogP contribution is 2.21. The van der Waals surface area contributed by atoms with Crippen LogP contribution in [0.5, 0.6) is 0 Å². The smallest absolute Gasteiger partial charge is 0.243 e. The topological polar surface area (TPSA) is 66.5 Å². The summed E-state index contributed by atoms with van der Waals surface area (Å²) < 4.78 is 27.5. The van der Waals surface area contributed by atoms with Crippen LogP contribution in [0.3, 0.4) is 0 Å². The van der Waals surface area contributed by atoms with Gasteiger partial charge < -0.3 is 5.32 Å². The van der Waals surface area contributed by atoms with Crippen molar-refractivity contribution in [3.63, 3.8) is 0 Å². The van der Waals surface area contributed by atoms with Gasteiger partial charge in [-0.2, -0.15) is 4.31 Å². The molecule has 0 fully saturated rings. The van der Waals surface area contributed by atoms with Gasteiger partial charge in [0, 0.05) is 13.1 Å². The molecule has 0 unspecified atom stereocenters. The first kappa shape index (κ1) is 22.1. The molecule has 0 radical (unpaired) electrons. The third-order valence-corrected chi connectivity index (χ3v) is 6.55. The van der Waals surface area contributed by atoms with Crippen molar-refractivity contribution in [2.75, 3.05) is 19.6 Å². The highest BCUT2D eigenvalue weighted by molar-refractivity contribution is 7.89. The van der Waals surface area contributed by atoms with Crippen molar-refractivity contribution in [2.24, 2.45) is 0 Å². The maximum Gasteiger partial charge on any atom is 0.243 e. The lowest BCUT2D eigenvalue weighted by Gasteiger charge is -2.22. The zero-order valence-corrected chi connectivity index (χ0v) is 17.8. The Morgan fingerprint density at radius 1 is 1.07 bits per heavy atom. The predicted molar refractivity (Wildman–Crippen MR) is 113 cm³/mol. The first-order valence-corrected chi connectivity index (χ1v) is 11.2. The molecule has 0 aromatic heterocycles. The molecular weight excluding hydrogens is 372 g/mol. The summed E-state index contributed by atoms with van der Waals surface area (Å²) >= 11 is 0. The zero-order valence-electron chi connectivity index (χ0n) is 16.9. The minimum Gasteiger partial charge on any atom is -0.355 e. The molecule has 1 N–H and O–H groups in total. The van der Waals surface area contributed by atoms with Crippen molar-refractivity contribution in [1.82, 2.24) is 9.62 Å². The Hall–Kier alpha value is -2.18. The molecule has 0 saturated carbocycles. The van der Waals surface area contributed by atoms with Crippen LogP contribution in [0.2, 0.25) is 0 Å². The Morgan fingerprint density at radius 3 is 2.46 bits per heavy atom. The number of carbonyl (C=O) groups excluding carboxylic acids is 1. The van der Waals surface area contributed by atoms with E-state index >= 15 is 0 Å². The highest BCUT2D eigenvalue weighted by atomic mass is 32.2. The standard InChI is InChI=1S/C22H30N2O3S/c1-4-15-24(28(26,27)21-16-18(2)12-13-19(21)3)17-22(25)23-14-8-11-20-9-6-5-7-10-20/h5-7,9-10,12-13,16H,4,8,11,14-15,17H2,1-3H3,(H,23,25). The van der Waals surface area contributed by atoms with Gasteiger partial charge in [0.15, 0.2) is 0 Å². The van der Waals surface area contributed by atoms with Gasteiger partial charge in [-0.3, -0.25) is 4.79 Å². The Bertz CT molecular complexity index is 880. The molecule has 152 valence electrons. The molecule has 0 heterocycles. The Balaban J connectivity index is 1.97. The van der Waals surface area contributed by atoms with E-state index < -0.39 is 10.0 Å². The van der Waals surface area contributed by atoms with E-state index in [-0.39, 0.29) is 17.3 Å². The first-order valence-electron chi connectivity index (χ1n) is 9.72. The fourth-order valence-electron chi connectivity index (χ4n) is 3.04. The summed E-state index contributed by atoms with van der Waals surface area (Å²) in [4.78, 5) is 12.6.